The third-order valence-corrected chi connectivity index (χ3v) is 2.09. The van der Waals surface area contributed by atoms with Crippen molar-refractivity contribution in [3.8, 4) is 0 Å². The maximum Gasteiger partial charge on any atom is 0.0291 e. The van der Waals surface area contributed by atoms with E-state index in [9.17, 15) is 0 Å². The summed E-state index contributed by atoms with van der Waals surface area (Å²) < 4.78 is 0. The molecule has 1 atom stereocenters. The highest BCUT2D eigenvalue weighted by atomic mass is 14.9. The molecule has 0 heterocycles. The molecule has 0 fully saturated rings. The molecular formula is C11H17N. The van der Waals surface area contributed by atoms with Crippen LogP contribution in [0.1, 0.15) is 31.0 Å². The molecule has 0 spiro atoms. The first-order chi connectivity index (χ1) is 5.74. The number of rotatable bonds is 3. The zero-order chi connectivity index (χ0) is 8.97. The lowest BCUT2D eigenvalue weighted by Gasteiger charge is -2.12. The Morgan fingerprint density at radius 1 is 1.25 bits per heavy atom. The number of nitrogens with one attached hydrogen (secondary N) is 1. The molecule has 12 heavy (non-hydrogen) atoms. The second-order valence-electron chi connectivity index (χ2n) is 3.19. The van der Waals surface area contributed by atoms with E-state index < -0.39 is 0 Å². The molecule has 0 aliphatic rings. The van der Waals surface area contributed by atoms with Gasteiger partial charge in [-0.3, -0.25) is 0 Å². The van der Waals surface area contributed by atoms with Gasteiger partial charge in [-0.1, -0.05) is 36.8 Å². The summed E-state index contributed by atoms with van der Waals surface area (Å²) >= 11 is 0. The Morgan fingerprint density at radius 2 is 1.83 bits per heavy atom. The smallest absolute Gasteiger partial charge is 0.0291 e. The predicted octanol–water partition coefficient (Wildman–Crippen LogP) is 2.67. The summed E-state index contributed by atoms with van der Waals surface area (Å²) in [6, 6.07) is 9.15. The van der Waals surface area contributed by atoms with Gasteiger partial charge < -0.3 is 5.32 Å². The molecule has 1 N–H and O–H groups in total. The zero-order valence-corrected chi connectivity index (χ0v) is 8.09. The van der Waals surface area contributed by atoms with Crippen LogP contribution in [0.25, 0.3) is 0 Å². The van der Waals surface area contributed by atoms with Gasteiger partial charge in [0.25, 0.3) is 0 Å². The van der Waals surface area contributed by atoms with E-state index in [4.69, 9.17) is 0 Å². The zero-order valence-electron chi connectivity index (χ0n) is 8.09. The molecule has 0 radical (unpaired) electrons. The Bertz CT molecular complexity index is 225. The van der Waals surface area contributed by atoms with E-state index in [0.717, 1.165) is 6.54 Å². The molecule has 1 heteroatoms. The predicted molar refractivity (Wildman–Crippen MR) is 53.3 cm³/mol. The van der Waals surface area contributed by atoms with E-state index >= 15 is 0 Å². The SMILES string of the molecule is CCN[C@@H](C)c1ccc(C)cc1. The lowest BCUT2D eigenvalue weighted by Crippen LogP contribution is -2.17. The van der Waals surface area contributed by atoms with Crippen LogP contribution < -0.4 is 5.32 Å². The molecular weight excluding hydrogens is 146 g/mol. The van der Waals surface area contributed by atoms with Gasteiger partial charge in [0, 0.05) is 6.04 Å². The highest BCUT2D eigenvalue weighted by molar-refractivity contribution is 5.23. The van der Waals surface area contributed by atoms with Crippen molar-refractivity contribution in [2.24, 2.45) is 0 Å². The topological polar surface area (TPSA) is 12.0 Å². The molecule has 66 valence electrons. The average Bonchev–Trinajstić information content (AvgIpc) is 2.06. The minimum absolute atomic E-state index is 0.468. The van der Waals surface area contributed by atoms with Crippen LogP contribution in [0.3, 0.4) is 0 Å². The van der Waals surface area contributed by atoms with Crippen LogP contribution in [0.15, 0.2) is 24.3 Å². The Morgan fingerprint density at radius 3 is 2.33 bits per heavy atom. The molecule has 1 rings (SSSR count). The fraction of sp³-hybridized carbons (Fsp3) is 0.455. The summed E-state index contributed by atoms with van der Waals surface area (Å²) in [5, 5.41) is 3.38. The largest absolute Gasteiger partial charge is 0.310 e. The van der Waals surface area contributed by atoms with Crippen molar-refractivity contribution in [2.45, 2.75) is 26.8 Å². The van der Waals surface area contributed by atoms with E-state index in [-0.39, 0.29) is 0 Å². The lowest BCUT2D eigenvalue weighted by atomic mass is 10.1. The number of hydrogen-bond acceptors (Lipinski definition) is 1. The monoisotopic (exact) mass is 163 g/mol. The molecule has 0 aromatic heterocycles. The summed E-state index contributed by atoms with van der Waals surface area (Å²) in [6.45, 7) is 7.45. The first-order valence-electron chi connectivity index (χ1n) is 4.54. The van der Waals surface area contributed by atoms with E-state index in [0.29, 0.717) is 6.04 Å². The van der Waals surface area contributed by atoms with E-state index in [2.05, 4.69) is 50.4 Å². The van der Waals surface area contributed by atoms with E-state index in [1.54, 1.807) is 0 Å². The standard InChI is InChI=1S/C11H17N/c1-4-12-10(3)11-7-5-9(2)6-8-11/h5-8,10,12H,4H2,1-3H3/t10-/m0/s1. The number of aryl methyl sites for hydroxylation is 1. The Balaban J connectivity index is 2.68. The second-order valence-corrected chi connectivity index (χ2v) is 3.19. The van der Waals surface area contributed by atoms with Crippen LogP contribution in [-0.2, 0) is 0 Å². The molecule has 0 aliphatic heterocycles. The van der Waals surface area contributed by atoms with Crippen molar-refractivity contribution in [1.29, 1.82) is 0 Å². The van der Waals surface area contributed by atoms with Crippen LogP contribution in [0, 0.1) is 6.92 Å². The maximum absolute atomic E-state index is 3.38. The minimum atomic E-state index is 0.468. The molecule has 0 aliphatic carbocycles. The Hall–Kier alpha value is -0.820. The van der Waals surface area contributed by atoms with Crippen LogP contribution >= 0.6 is 0 Å². The van der Waals surface area contributed by atoms with E-state index in [1.807, 2.05) is 0 Å². The number of benzene rings is 1. The molecule has 1 aromatic carbocycles. The van der Waals surface area contributed by atoms with E-state index in [1.165, 1.54) is 11.1 Å². The van der Waals surface area contributed by atoms with Gasteiger partial charge >= 0.3 is 0 Å². The average molecular weight is 163 g/mol. The molecule has 0 bridgehead atoms. The van der Waals surface area contributed by atoms with Crippen molar-refractivity contribution in [3.05, 3.63) is 35.4 Å². The normalized spacial score (nSPS) is 12.9. The second kappa shape index (κ2) is 4.27. The fourth-order valence-electron chi connectivity index (χ4n) is 1.28. The minimum Gasteiger partial charge on any atom is -0.310 e. The maximum atomic E-state index is 3.38. The quantitative estimate of drug-likeness (QED) is 0.722. The van der Waals surface area contributed by atoms with Crippen LogP contribution in [-0.4, -0.2) is 6.54 Å². The van der Waals surface area contributed by atoms with Gasteiger partial charge in [-0.2, -0.15) is 0 Å². The van der Waals surface area contributed by atoms with Gasteiger partial charge in [0.1, 0.15) is 0 Å². The first-order valence-corrected chi connectivity index (χ1v) is 4.54. The lowest BCUT2D eigenvalue weighted by molar-refractivity contribution is 0.598. The Labute approximate surface area is 74.8 Å². The van der Waals surface area contributed by atoms with Gasteiger partial charge in [-0.05, 0) is 26.0 Å². The van der Waals surface area contributed by atoms with Crippen molar-refractivity contribution in [2.75, 3.05) is 6.54 Å². The highest BCUT2D eigenvalue weighted by Gasteiger charge is 2.01. The molecule has 0 saturated carbocycles. The summed E-state index contributed by atoms with van der Waals surface area (Å²) in [6.07, 6.45) is 0. The Kier molecular flexibility index (Phi) is 3.30. The molecule has 0 amide bonds. The number of hydrogen-bond donors (Lipinski definition) is 1. The summed E-state index contributed by atoms with van der Waals surface area (Å²) in [7, 11) is 0. The van der Waals surface area contributed by atoms with Crippen molar-refractivity contribution < 1.29 is 0 Å². The molecule has 0 saturated heterocycles. The van der Waals surface area contributed by atoms with Crippen molar-refractivity contribution in [3.63, 3.8) is 0 Å². The van der Waals surface area contributed by atoms with Gasteiger partial charge in [0.2, 0.25) is 0 Å². The van der Waals surface area contributed by atoms with Gasteiger partial charge in [0.05, 0.1) is 0 Å². The molecule has 1 aromatic rings. The summed E-state index contributed by atoms with van der Waals surface area (Å²) in [5.74, 6) is 0. The summed E-state index contributed by atoms with van der Waals surface area (Å²) in [4.78, 5) is 0. The molecule has 0 unspecified atom stereocenters. The van der Waals surface area contributed by atoms with Crippen molar-refractivity contribution in [1.82, 2.24) is 5.32 Å². The van der Waals surface area contributed by atoms with Gasteiger partial charge in [-0.25, -0.2) is 0 Å². The third kappa shape index (κ3) is 2.35. The summed E-state index contributed by atoms with van der Waals surface area (Å²) in [5.41, 5.74) is 2.69. The third-order valence-electron chi connectivity index (χ3n) is 2.09. The highest BCUT2D eigenvalue weighted by Crippen LogP contribution is 2.12. The molecule has 1 nitrogen and oxygen atoms in total. The van der Waals surface area contributed by atoms with Crippen LogP contribution in [0.4, 0.5) is 0 Å². The van der Waals surface area contributed by atoms with Crippen LogP contribution in [0.5, 0.6) is 0 Å². The van der Waals surface area contributed by atoms with Gasteiger partial charge in [-0.15, -0.1) is 0 Å². The fourth-order valence-corrected chi connectivity index (χ4v) is 1.28. The van der Waals surface area contributed by atoms with Crippen LogP contribution in [0.2, 0.25) is 0 Å². The van der Waals surface area contributed by atoms with Gasteiger partial charge in [0.15, 0.2) is 0 Å². The first kappa shape index (κ1) is 9.27. The van der Waals surface area contributed by atoms with Crippen molar-refractivity contribution >= 4 is 0 Å².